The number of nitrogens with zero attached hydrogens (tertiary/aromatic N) is 2. The Morgan fingerprint density at radius 1 is 0.926 bits per heavy atom. The molecule has 2 saturated carbocycles. The van der Waals surface area contributed by atoms with Gasteiger partial charge in [-0.25, -0.2) is 8.42 Å². The zero-order valence-corrected chi connectivity index (χ0v) is 17.0. The van der Waals surface area contributed by atoms with Gasteiger partial charge in [-0.3, -0.25) is 9.59 Å². The highest BCUT2D eigenvalue weighted by Crippen LogP contribution is 2.60. The highest BCUT2D eigenvalue weighted by Gasteiger charge is 2.60. The van der Waals surface area contributed by atoms with Crippen LogP contribution in [0.5, 0.6) is 0 Å². The van der Waals surface area contributed by atoms with Gasteiger partial charge in [-0.1, -0.05) is 25.7 Å². The predicted molar refractivity (Wildman–Crippen MR) is 103 cm³/mol. The van der Waals surface area contributed by atoms with E-state index in [1.54, 1.807) is 0 Å². The van der Waals surface area contributed by atoms with Crippen molar-refractivity contribution >= 4 is 21.7 Å². The van der Waals surface area contributed by atoms with E-state index < -0.39 is 9.84 Å². The third-order valence-electron chi connectivity index (χ3n) is 7.49. The van der Waals surface area contributed by atoms with Crippen LogP contribution in [0.25, 0.3) is 0 Å². The van der Waals surface area contributed by atoms with E-state index >= 15 is 0 Å². The van der Waals surface area contributed by atoms with Crippen molar-refractivity contribution in [2.45, 2.75) is 57.8 Å². The minimum atomic E-state index is -2.89. The van der Waals surface area contributed by atoms with Gasteiger partial charge in [0.15, 0.2) is 0 Å². The lowest BCUT2D eigenvalue weighted by Gasteiger charge is -2.35. The molecule has 2 saturated heterocycles. The summed E-state index contributed by atoms with van der Waals surface area (Å²) in [5, 5.41) is 0. The van der Waals surface area contributed by atoms with Crippen LogP contribution in [-0.2, 0) is 19.4 Å². The molecular weight excluding hydrogens is 364 g/mol. The normalized spacial score (nSPS) is 29.9. The van der Waals surface area contributed by atoms with Gasteiger partial charge >= 0.3 is 0 Å². The first-order chi connectivity index (χ1) is 12.9. The molecule has 2 aliphatic carbocycles. The topological polar surface area (TPSA) is 74.8 Å². The fourth-order valence-corrected chi connectivity index (χ4v) is 7.01. The molecule has 4 fully saturated rings. The van der Waals surface area contributed by atoms with E-state index in [0.717, 1.165) is 18.8 Å². The van der Waals surface area contributed by atoms with Crippen molar-refractivity contribution < 1.29 is 18.0 Å². The molecule has 27 heavy (non-hydrogen) atoms. The monoisotopic (exact) mass is 396 g/mol. The molecular formula is C20H32N2O4S. The average Bonchev–Trinajstić information content (AvgIpc) is 3.11. The maximum atomic E-state index is 12.8. The molecule has 1 spiro atoms. The minimum absolute atomic E-state index is 0.0117. The van der Waals surface area contributed by atoms with Crippen molar-refractivity contribution in [1.29, 1.82) is 0 Å². The number of carbonyl (C=O) groups excluding carboxylic acids is 2. The average molecular weight is 397 g/mol. The number of hydrogen-bond donors (Lipinski definition) is 0. The maximum Gasteiger partial charge on any atom is 0.226 e. The maximum absolute atomic E-state index is 12.8. The minimum Gasteiger partial charge on any atom is -0.339 e. The van der Waals surface area contributed by atoms with E-state index in [1.807, 2.05) is 9.80 Å². The fraction of sp³-hybridized carbons (Fsp3) is 0.900. The molecule has 0 radical (unpaired) electrons. The first-order valence-electron chi connectivity index (χ1n) is 10.7. The van der Waals surface area contributed by atoms with E-state index in [2.05, 4.69) is 0 Å². The van der Waals surface area contributed by atoms with Crippen molar-refractivity contribution in [3.8, 4) is 0 Å². The molecule has 2 amide bonds. The number of carbonyl (C=O) groups is 2. The van der Waals surface area contributed by atoms with Crippen molar-refractivity contribution in [2.75, 3.05) is 37.7 Å². The lowest BCUT2D eigenvalue weighted by Crippen LogP contribution is -2.51. The second-order valence-corrected chi connectivity index (χ2v) is 11.5. The largest absolute Gasteiger partial charge is 0.339 e. The molecule has 152 valence electrons. The second kappa shape index (κ2) is 7.37. The molecule has 0 unspecified atom stereocenters. The van der Waals surface area contributed by atoms with E-state index in [9.17, 15) is 18.0 Å². The van der Waals surface area contributed by atoms with Crippen molar-refractivity contribution in [2.24, 2.45) is 17.3 Å². The Balaban J connectivity index is 1.21. The molecule has 1 atom stereocenters. The van der Waals surface area contributed by atoms with Gasteiger partial charge in [-0.15, -0.1) is 0 Å². The third-order valence-corrected chi connectivity index (χ3v) is 9.15. The summed E-state index contributed by atoms with van der Waals surface area (Å²) in [5.41, 5.74) is -0.0450. The van der Waals surface area contributed by atoms with Crippen LogP contribution >= 0.6 is 0 Å². The highest BCUT2D eigenvalue weighted by atomic mass is 32.2. The lowest BCUT2D eigenvalue weighted by molar-refractivity contribution is -0.141. The van der Waals surface area contributed by atoms with Crippen molar-refractivity contribution in [3.05, 3.63) is 0 Å². The summed E-state index contributed by atoms with van der Waals surface area (Å²) in [6.45, 7) is 2.53. The van der Waals surface area contributed by atoms with Gasteiger partial charge in [-0.2, -0.15) is 0 Å². The van der Waals surface area contributed by atoms with Crippen LogP contribution in [0.15, 0.2) is 0 Å². The smallest absolute Gasteiger partial charge is 0.226 e. The van der Waals surface area contributed by atoms with E-state index in [1.165, 1.54) is 25.7 Å². The molecule has 0 aromatic rings. The van der Waals surface area contributed by atoms with E-state index in [4.69, 9.17) is 0 Å². The number of sulfone groups is 1. The SMILES string of the molecule is O=C(CCC1CCCC1)N1CCN(C(=O)[C@@H]2CC23CCS(=O)(=O)CC3)CC1. The Kier molecular flexibility index (Phi) is 5.25. The summed E-state index contributed by atoms with van der Waals surface area (Å²) in [4.78, 5) is 29.1. The second-order valence-electron chi connectivity index (χ2n) is 9.17. The van der Waals surface area contributed by atoms with Crippen LogP contribution in [0.2, 0.25) is 0 Å². The molecule has 2 heterocycles. The summed E-state index contributed by atoms with van der Waals surface area (Å²) in [5.74, 6) is 1.65. The number of piperazine rings is 1. The van der Waals surface area contributed by atoms with Crippen LogP contribution in [-0.4, -0.2) is 67.7 Å². The van der Waals surface area contributed by atoms with Gasteiger partial charge in [0.1, 0.15) is 9.84 Å². The van der Waals surface area contributed by atoms with Crippen LogP contribution in [0, 0.1) is 17.3 Å². The number of amides is 2. The standard InChI is InChI=1S/C20H32N2O4S/c23-18(6-5-16-3-1-2-4-16)21-9-11-22(12-10-21)19(24)17-15-20(17)7-13-27(25,26)14-8-20/h16-17H,1-15H2/t17-/m0/s1. The first kappa shape index (κ1) is 19.2. The molecule has 4 aliphatic rings. The quantitative estimate of drug-likeness (QED) is 0.727. The van der Waals surface area contributed by atoms with Gasteiger partial charge in [-0.05, 0) is 37.0 Å². The van der Waals surface area contributed by atoms with Crippen molar-refractivity contribution in [1.82, 2.24) is 9.80 Å². The molecule has 0 aromatic carbocycles. The Bertz CT molecular complexity index is 677. The van der Waals surface area contributed by atoms with E-state index in [0.29, 0.717) is 45.4 Å². The van der Waals surface area contributed by atoms with Crippen LogP contribution in [0.4, 0.5) is 0 Å². The van der Waals surface area contributed by atoms with Gasteiger partial charge in [0.05, 0.1) is 11.5 Å². The van der Waals surface area contributed by atoms with Gasteiger partial charge in [0, 0.05) is 38.5 Å². The molecule has 6 nitrogen and oxygen atoms in total. The summed E-state index contributed by atoms with van der Waals surface area (Å²) < 4.78 is 23.3. The Hall–Kier alpha value is -1.11. The van der Waals surface area contributed by atoms with Crippen molar-refractivity contribution in [3.63, 3.8) is 0 Å². The number of rotatable bonds is 4. The number of hydrogen-bond acceptors (Lipinski definition) is 4. The fourth-order valence-electron chi connectivity index (χ4n) is 5.38. The third kappa shape index (κ3) is 4.17. The molecule has 0 N–H and O–H groups in total. The Morgan fingerprint density at radius 3 is 2.15 bits per heavy atom. The summed E-state index contributed by atoms with van der Waals surface area (Å²) in [7, 11) is -2.89. The lowest BCUT2D eigenvalue weighted by atomic mass is 9.95. The molecule has 2 aliphatic heterocycles. The van der Waals surface area contributed by atoms with E-state index in [-0.39, 0.29) is 34.7 Å². The van der Waals surface area contributed by atoms with Gasteiger partial charge in [0.25, 0.3) is 0 Å². The summed E-state index contributed by atoms with van der Waals surface area (Å²) in [6, 6.07) is 0. The first-order valence-corrected chi connectivity index (χ1v) is 12.5. The zero-order chi connectivity index (χ0) is 19.1. The molecule has 0 bridgehead atoms. The van der Waals surface area contributed by atoms with Gasteiger partial charge in [0.2, 0.25) is 11.8 Å². The molecule has 4 rings (SSSR count). The summed E-state index contributed by atoms with van der Waals surface area (Å²) in [6.07, 6.45) is 8.99. The van der Waals surface area contributed by atoms with Crippen LogP contribution in [0.1, 0.15) is 57.8 Å². The Morgan fingerprint density at radius 2 is 1.52 bits per heavy atom. The molecule has 0 aromatic heterocycles. The zero-order valence-electron chi connectivity index (χ0n) is 16.2. The highest BCUT2D eigenvalue weighted by molar-refractivity contribution is 7.91. The van der Waals surface area contributed by atoms with Gasteiger partial charge < -0.3 is 9.80 Å². The Labute approximate surface area is 162 Å². The molecule has 7 heteroatoms. The van der Waals surface area contributed by atoms with Crippen LogP contribution < -0.4 is 0 Å². The summed E-state index contributed by atoms with van der Waals surface area (Å²) >= 11 is 0. The van der Waals surface area contributed by atoms with Crippen LogP contribution in [0.3, 0.4) is 0 Å². The predicted octanol–water partition coefficient (Wildman–Crippen LogP) is 1.84.